The van der Waals surface area contributed by atoms with Gasteiger partial charge in [0.05, 0.1) is 11.4 Å². The summed E-state index contributed by atoms with van der Waals surface area (Å²) in [5.41, 5.74) is 6.74. The molecular formula is C11H13N5O3S2. The molecule has 21 heavy (non-hydrogen) atoms. The van der Waals surface area contributed by atoms with Gasteiger partial charge in [-0.25, -0.2) is 10.1 Å². The average molecular weight is 327 g/mol. The molecule has 0 unspecified atom stereocenters. The Hall–Kier alpha value is -2.17. The van der Waals surface area contributed by atoms with E-state index in [0.717, 1.165) is 11.3 Å². The molecule has 0 radical (unpaired) electrons. The van der Waals surface area contributed by atoms with Gasteiger partial charge in [-0.05, 0) is 25.1 Å². The second kappa shape index (κ2) is 5.68. The molecule has 0 saturated carbocycles. The van der Waals surface area contributed by atoms with E-state index in [1.165, 1.54) is 12.1 Å². The lowest BCUT2D eigenvalue weighted by molar-refractivity contribution is 0.103. The summed E-state index contributed by atoms with van der Waals surface area (Å²) in [7, 11) is -3.87. The number of nitrogen functional groups attached to an aromatic ring is 1. The molecule has 0 aliphatic carbocycles. The number of carbonyl (C=O) groups is 1. The van der Waals surface area contributed by atoms with Crippen molar-refractivity contribution in [1.82, 2.24) is 4.98 Å². The minimum absolute atomic E-state index is 0.246. The number of hydrogen-bond acceptors (Lipinski definition) is 6. The van der Waals surface area contributed by atoms with Crippen LogP contribution in [0.2, 0.25) is 0 Å². The number of amides is 1. The van der Waals surface area contributed by atoms with Crippen molar-refractivity contribution in [2.24, 2.45) is 5.14 Å². The maximum absolute atomic E-state index is 12.1. The Bertz CT molecular complexity index is 785. The topological polar surface area (TPSA) is 140 Å². The van der Waals surface area contributed by atoms with Crippen molar-refractivity contribution in [1.29, 1.82) is 0 Å². The SMILES string of the molecule is Cc1nc(N)sc1C(=O)Nc1cccc(NS(N)(=O)=O)c1. The van der Waals surface area contributed by atoms with Crippen molar-refractivity contribution in [2.75, 3.05) is 15.8 Å². The van der Waals surface area contributed by atoms with Crippen LogP contribution in [0.3, 0.4) is 0 Å². The smallest absolute Gasteiger partial charge is 0.296 e. The van der Waals surface area contributed by atoms with Gasteiger partial charge in [-0.2, -0.15) is 8.42 Å². The molecule has 112 valence electrons. The lowest BCUT2D eigenvalue weighted by atomic mass is 10.2. The van der Waals surface area contributed by atoms with Crippen molar-refractivity contribution in [3.8, 4) is 0 Å². The minimum Gasteiger partial charge on any atom is -0.375 e. The van der Waals surface area contributed by atoms with Crippen LogP contribution in [0.1, 0.15) is 15.4 Å². The third kappa shape index (κ3) is 4.15. The van der Waals surface area contributed by atoms with Gasteiger partial charge < -0.3 is 11.1 Å². The van der Waals surface area contributed by atoms with Crippen LogP contribution in [-0.4, -0.2) is 19.3 Å². The number of benzene rings is 1. The van der Waals surface area contributed by atoms with Crippen molar-refractivity contribution in [3.63, 3.8) is 0 Å². The van der Waals surface area contributed by atoms with Crippen molar-refractivity contribution in [2.45, 2.75) is 6.92 Å². The number of nitrogens with two attached hydrogens (primary N) is 2. The Morgan fingerprint density at radius 1 is 1.33 bits per heavy atom. The highest BCUT2D eigenvalue weighted by molar-refractivity contribution is 7.90. The standard InChI is InChI=1S/C11H13N5O3S2/c1-6-9(20-11(12)14-6)10(17)15-7-3-2-4-8(5-7)16-21(13,18)19/h2-5,16H,1H3,(H2,12,14)(H,15,17)(H2,13,18,19). The van der Waals surface area contributed by atoms with E-state index in [9.17, 15) is 13.2 Å². The van der Waals surface area contributed by atoms with Gasteiger partial charge in [-0.1, -0.05) is 17.4 Å². The van der Waals surface area contributed by atoms with Gasteiger partial charge in [0.15, 0.2) is 5.13 Å². The van der Waals surface area contributed by atoms with Gasteiger partial charge in [0.1, 0.15) is 4.88 Å². The van der Waals surface area contributed by atoms with E-state index in [4.69, 9.17) is 10.9 Å². The molecule has 0 bridgehead atoms. The van der Waals surface area contributed by atoms with Gasteiger partial charge in [0, 0.05) is 5.69 Å². The van der Waals surface area contributed by atoms with Crippen molar-refractivity contribution >= 4 is 44.0 Å². The minimum atomic E-state index is -3.87. The lowest BCUT2D eigenvalue weighted by Crippen LogP contribution is -2.21. The van der Waals surface area contributed by atoms with Gasteiger partial charge in [0.25, 0.3) is 16.1 Å². The van der Waals surface area contributed by atoms with Crippen LogP contribution in [0.4, 0.5) is 16.5 Å². The van der Waals surface area contributed by atoms with Gasteiger partial charge in [-0.15, -0.1) is 0 Å². The number of rotatable bonds is 4. The zero-order valence-corrected chi connectivity index (χ0v) is 12.6. The number of nitrogens with one attached hydrogen (secondary N) is 2. The number of anilines is 3. The van der Waals surface area contributed by atoms with Crippen LogP contribution >= 0.6 is 11.3 Å². The quantitative estimate of drug-likeness (QED) is 0.660. The highest BCUT2D eigenvalue weighted by Crippen LogP contribution is 2.22. The number of carbonyl (C=O) groups excluding carboxylic acids is 1. The largest absolute Gasteiger partial charge is 0.375 e. The average Bonchev–Trinajstić information content (AvgIpc) is 2.66. The fraction of sp³-hybridized carbons (Fsp3) is 0.0909. The monoisotopic (exact) mass is 327 g/mol. The second-order valence-electron chi connectivity index (χ2n) is 4.15. The molecule has 10 heteroatoms. The molecule has 0 fully saturated rings. The predicted octanol–water partition coefficient (Wildman–Crippen LogP) is 0.901. The first kappa shape index (κ1) is 15.2. The number of aromatic nitrogens is 1. The molecule has 0 atom stereocenters. The third-order valence-electron chi connectivity index (χ3n) is 2.40. The van der Waals surface area contributed by atoms with Gasteiger partial charge in [0.2, 0.25) is 0 Å². The van der Waals surface area contributed by atoms with E-state index in [-0.39, 0.29) is 11.6 Å². The molecule has 1 aromatic heterocycles. The number of nitrogens with zero attached hydrogens (tertiary/aromatic N) is 1. The Morgan fingerprint density at radius 2 is 2.00 bits per heavy atom. The summed E-state index contributed by atoms with van der Waals surface area (Å²) in [6.07, 6.45) is 0. The summed E-state index contributed by atoms with van der Waals surface area (Å²) in [4.78, 5) is 16.5. The summed E-state index contributed by atoms with van der Waals surface area (Å²) in [6, 6.07) is 6.15. The molecule has 1 heterocycles. The van der Waals surface area contributed by atoms with Crippen LogP contribution in [0.15, 0.2) is 24.3 Å². The third-order valence-corrected chi connectivity index (χ3v) is 3.91. The van der Waals surface area contributed by atoms with Crippen LogP contribution in [-0.2, 0) is 10.2 Å². The van der Waals surface area contributed by atoms with Crippen LogP contribution in [0.25, 0.3) is 0 Å². The number of aryl methyl sites for hydroxylation is 1. The van der Waals surface area contributed by atoms with Crippen LogP contribution in [0, 0.1) is 6.92 Å². The van der Waals surface area contributed by atoms with Crippen LogP contribution < -0.4 is 20.9 Å². The Morgan fingerprint density at radius 3 is 2.57 bits per heavy atom. The fourth-order valence-electron chi connectivity index (χ4n) is 1.64. The molecule has 1 amide bonds. The molecule has 0 spiro atoms. The first-order valence-electron chi connectivity index (χ1n) is 5.69. The maximum Gasteiger partial charge on any atom is 0.296 e. The van der Waals surface area contributed by atoms with Crippen LogP contribution in [0.5, 0.6) is 0 Å². The van der Waals surface area contributed by atoms with Gasteiger partial charge >= 0.3 is 0 Å². The molecule has 6 N–H and O–H groups in total. The zero-order chi connectivity index (χ0) is 15.6. The van der Waals surface area contributed by atoms with E-state index < -0.39 is 10.2 Å². The summed E-state index contributed by atoms with van der Waals surface area (Å²) in [6.45, 7) is 1.68. The number of thiazole rings is 1. The summed E-state index contributed by atoms with van der Waals surface area (Å²) < 4.78 is 24.0. The first-order valence-corrected chi connectivity index (χ1v) is 8.06. The normalized spacial score (nSPS) is 11.1. The molecule has 1 aromatic carbocycles. The molecule has 0 saturated heterocycles. The molecular weight excluding hydrogens is 314 g/mol. The first-order chi connectivity index (χ1) is 9.74. The predicted molar refractivity (Wildman–Crippen MR) is 82.4 cm³/mol. The molecule has 2 rings (SSSR count). The second-order valence-corrected chi connectivity index (χ2v) is 6.47. The molecule has 2 aromatic rings. The van der Waals surface area contributed by atoms with E-state index in [1.54, 1.807) is 19.1 Å². The fourth-order valence-corrected chi connectivity index (χ4v) is 2.82. The molecule has 0 aliphatic heterocycles. The van der Waals surface area contributed by atoms with Crippen molar-refractivity contribution < 1.29 is 13.2 Å². The maximum atomic E-state index is 12.1. The Kier molecular flexibility index (Phi) is 4.11. The van der Waals surface area contributed by atoms with E-state index in [1.807, 2.05) is 0 Å². The van der Waals surface area contributed by atoms with Gasteiger partial charge in [-0.3, -0.25) is 9.52 Å². The summed E-state index contributed by atoms with van der Waals surface area (Å²) in [5, 5.41) is 7.83. The Labute approximate surface area is 125 Å². The molecule has 8 nitrogen and oxygen atoms in total. The summed E-state index contributed by atoms with van der Waals surface area (Å²) in [5.74, 6) is -0.366. The molecule has 0 aliphatic rings. The highest BCUT2D eigenvalue weighted by atomic mass is 32.2. The Balaban J connectivity index is 2.18. The number of hydrogen-bond donors (Lipinski definition) is 4. The van der Waals surface area contributed by atoms with Crippen molar-refractivity contribution in [3.05, 3.63) is 34.8 Å². The van der Waals surface area contributed by atoms with E-state index in [2.05, 4.69) is 15.0 Å². The lowest BCUT2D eigenvalue weighted by Gasteiger charge is -2.07. The highest BCUT2D eigenvalue weighted by Gasteiger charge is 2.14. The summed E-state index contributed by atoms with van der Waals surface area (Å²) >= 11 is 1.08. The zero-order valence-electron chi connectivity index (χ0n) is 11.0. The van der Waals surface area contributed by atoms with E-state index in [0.29, 0.717) is 21.4 Å². The van der Waals surface area contributed by atoms with E-state index >= 15 is 0 Å².